The summed E-state index contributed by atoms with van der Waals surface area (Å²) in [5.74, 6) is -0.0205. The van der Waals surface area contributed by atoms with Crippen LogP contribution in [0.2, 0.25) is 0 Å². The van der Waals surface area contributed by atoms with Gasteiger partial charge in [0.25, 0.3) is 0 Å². The Hall–Kier alpha value is -1.30. The highest BCUT2D eigenvalue weighted by Gasteiger charge is 2.48. The number of ether oxygens (including phenoxy) is 1. The lowest BCUT2D eigenvalue weighted by Crippen LogP contribution is -2.49. The number of hydrogen-bond donors (Lipinski definition) is 1. The molecule has 2 heterocycles. The second kappa shape index (κ2) is 6.64. The molecule has 6 nitrogen and oxygen atoms in total. The van der Waals surface area contributed by atoms with Crippen molar-refractivity contribution in [2.75, 3.05) is 26.2 Å². The van der Waals surface area contributed by atoms with Crippen molar-refractivity contribution in [3.63, 3.8) is 0 Å². The lowest BCUT2D eigenvalue weighted by Gasteiger charge is -2.37. The van der Waals surface area contributed by atoms with E-state index in [1.54, 1.807) is 4.90 Å². The number of rotatable bonds is 5. The molecule has 21 heavy (non-hydrogen) atoms. The molecular formula is C15H26N2O4. The van der Waals surface area contributed by atoms with E-state index in [-0.39, 0.29) is 31.1 Å². The predicted octanol–water partition coefficient (Wildman–Crippen LogP) is 1.37. The minimum atomic E-state index is -0.422. The van der Waals surface area contributed by atoms with Crippen molar-refractivity contribution in [3.8, 4) is 0 Å². The molecule has 2 saturated heterocycles. The molecule has 0 unspecified atom stereocenters. The summed E-state index contributed by atoms with van der Waals surface area (Å²) < 4.78 is 5.66. The Bertz CT molecular complexity index is 391. The van der Waals surface area contributed by atoms with Gasteiger partial charge in [-0.25, -0.2) is 4.79 Å². The molecule has 2 rings (SSSR count). The standard InChI is InChI=1S/C15H26N2O4/c1-3-4-12(2)17-11-15(21-14(17)20)6-8-16(9-7-15)13(19)5-10-18/h12,18H,3-11H2,1-2H3/t12-/m1/s1. The van der Waals surface area contributed by atoms with Gasteiger partial charge < -0.3 is 19.6 Å². The van der Waals surface area contributed by atoms with Gasteiger partial charge in [-0.1, -0.05) is 13.3 Å². The number of piperidine rings is 1. The number of carbonyl (C=O) groups is 2. The van der Waals surface area contributed by atoms with Gasteiger partial charge in [-0.15, -0.1) is 0 Å². The van der Waals surface area contributed by atoms with Crippen molar-refractivity contribution >= 4 is 12.0 Å². The topological polar surface area (TPSA) is 70.1 Å². The molecule has 2 amide bonds. The van der Waals surface area contributed by atoms with Crippen molar-refractivity contribution in [3.05, 3.63) is 0 Å². The second-order valence-corrected chi connectivity index (χ2v) is 6.17. The zero-order valence-corrected chi connectivity index (χ0v) is 13.0. The molecule has 120 valence electrons. The first-order valence-corrected chi connectivity index (χ1v) is 7.89. The van der Waals surface area contributed by atoms with Crippen LogP contribution in [-0.4, -0.2) is 64.8 Å². The highest BCUT2D eigenvalue weighted by molar-refractivity contribution is 5.76. The Morgan fingerprint density at radius 2 is 2.10 bits per heavy atom. The van der Waals surface area contributed by atoms with Gasteiger partial charge in [-0.2, -0.15) is 0 Å². The fourth-order valence-corrected chi connectivity index (χ4v) is 3.24. The van der Waals surface area contributed by atoms with Crippen LogP contribution in [0.25, 0.3) is 0 Å². The van der Waals surface area contributed by atoms with E-state index in [1.165, 1.54) is 0 Å². The molecule has 2 fully saturated rings. The number of hydrogen-bond acceptors (Lipinski definition) is 4. The van der Waals surface area contributed by atoms with Crippen molar-refractivity contribution in [1.82, 2.24) is 9.80 Å². The monoisotopic (exact) mass is 298 g/mol. The summed E-state index contributed by atoms with van der Waals surface area (Å²) in [6, 6.07) is 0.205. The maximum absolute atomic E-state index is 12.1. The lowest BCUT2D eigenvalue weighted by molar-refractivity contribution is -0.135. The van der Waals surface area contributed by atoms with Gasteiger partial charge in [0.1, 0.15) is 5.60 Å². The molecule has 2 aliphatic heterocycles. The average Bonchev–Trinajstić information content (AvgIpc) is 2.77. The average molecular weight is 298 g/mol. The van der Waals surface area contributed by atoms with E-state index in [9.17, 15) is 9.59 Å². The molecular weight excluding hydrogens is 272 g/mol. The first-order chi connectivity index (χ1) is 10.0. The van der Waals surface area contributed by atoms with E-state index >= 15 is 0 Å². The van der Waals surface area contributed by atoms with E-state index in [0.29, 0.717) is 32.5 Å². The Kier molecular flexibility index (Phi) is 5.08. The predicted molar refractivity (Wildman–Crippen MR) is 77.8 cm³/mol. The van der Waals surface area contributed by atoms with Gasteiger partial charge in [-0.3, -0.25) is 4.79 Å². The zero-order valence-electron chi connectivity index (χ0n) is 13.0. The Morgan fingerprint density at radius 3 is 2.67 bits per heavy atom. The smallest absolute Gasteiger partial charge is 0.410 e. The van der Waals surface area contributed by atoms with Crippen LogP contribution in [0.5, 0.6) is 0 Å². The summed E-state index contributed by atoms with van der Waals surface area (Å²) in [6.45, 7) is 5.89. The molecule has 1 atom stereocenters. The van der Waals surface area contributed by atoms with Crippen LogP contribution in [0, 0.1) is 0 Å². The quantitative estimate of drug-likeness (QED) is 0.832. The van der Waals surface area contributed by atoms with Crippen LogP contribution in [0.4, 0.5) is 4.79 Å². The van der Waals surface area contributed by atoms with Crippen LogP contribution in [-0.2, 0) is 9.53 Å². The zero-order chi connectivity index (χ0) is 15.5. The summed E-state index contributed by atoms with van der Waals surface area (Å²) in [4.78, 5) is 27.4. The lowest BCUT2D eigenvalue weighted by atomic mass is 9.91. The molecule has 0 aromatic heterocycles. The first kappa shape index (κ1) is 16.1. The molecule has 1 N–H and O–H groups in total. The van der Waals surface area contributed by atoms with Crippen LogP contribution < -0.4 is 0 Å². The van der Waals surface area contributed by atoms with Gasteiger partial charge >= 0.3 is 6.09 Å². The van der Waals surface area contributed by atoms with Gasteiger partial charge in [0.05, 0.1) is 13.2 Å². The molecule has 1 spiro atoms. The third-order valence-electron chi connectivity index (χ3n) is 4.59. The molecule has 0 aromatic rings. The maximum atomic E-state index is 12.1. The van der Waals surface area contributed by atoms with E-state index in [1.807, 2.05) is 4.90 Å². The van der Waals surface area contributed by atoms with E-state index in [4.69, 9.17) is 9.84 Å². The van der Waals surface area contributed by atoms with Crippen molar-refractivity contribution in [1.29, 1.82) is 0 Å². The van der Waals surface area contributed by atoms with Gasteiger partial charge in [-0.05, 0) is 13.3 Å². The highest BCUT2D eigenvalue weighted by atomic mass is 16.6. The number of nitrogens with zero attached hydrogens (tertiary/aromatic N) is 2. The minimum Gasteiger partial charge on any atom is -0.441 e. The van der Waals surface area contributed by atoms with Crippen molar-refractivity contribution in [2.45, 2.75) is 57.6 Å². The second-order valence-electron chi connectivity index (χ2n) is 6.17. The fraction of sp³-hybridized carbons (Fsp3) is 0.867. The number of amides is 2. The SMILES string of the molecule is CCC[C@@H](C)N1CC2(CCN(C(=O)CCO)CC2)OC1=O. The Labute approximate surface area is 126 Å². The van der Waals surface area contributed by atoms with Gasteiger partial charge in [0, 0.05) is 38.4 Å². The summed E-state index contributed by atoms with van der Waals surface area (Å²) in [7, 11) is 0. The van der Waals surface area contributed by atoms with Crippen molar-refractivity contribution < 1.29 is 19.4 Å². The summed E-state index contributed by atoms with van der Waals surface area (Å²) in [5.41, 5.74) is -0.422. The molecule has 0 aliphatic carbocycles. The molecule has 0 radical (unpaired) electrons. The molecule has 6 heteroatoms. The first-order valence-electron chi connectivity index (χ1n) is 7.89. The van der Waals surface area contributed by atoms with E-state index < -0.39 is 5.60 Å². The number of carbonyl (C=O) groups excluding carboxylic acids is 2. The Balaban J connectivity index is 1.92. The van der Waals surface area contributed by atoms with Crippen LogP contribution in [0.15, 0.2) is 0 Å². The van der Waals surface area contributed by atoms with Crippen LogP contribution in [0.3, 0.4) is 0 Å². The van der Waals surface area contributed by atoms with Crippen LogP contribution >= 0.6 is 0 Å². The highest BCUT2D eigenvalue weighted by Crippen LogP contribution is 2.34. The molecule has 2 aliphatic rings. The van der Waals surface area contributed by atoms with E-state index in [0.717, 1.165) is 12.8 Å². The number of likely N-dealkylation sites (tertiary alicyclic amines) is 1. The Morgan fingerprint density at radius 1 is 1.43 bits per heavy atom. The molecule has 0 bridgehead atoms. The van der Waals surface area contributed by atoms with E-state index in [2.05, 4.69) is 13.8 Å². The number of aliphatic hydroxyl groups excluding tert-OH is 1. The summed E-state index contributed by atoms with van der Waals surface area (Å²) in [5, 5.41) is 8.83. The normalized spacial score (nSPS) is 22.5. The molecule has 0 aromatic carbocycles. The minimum absolute atomic E-state index is 0.0205. The third kappa shape index (κ3) is 3.48. The molecule has 0 saturated carbocycles. The largest absolute Gasteiger partial charge is 0.441 e. The number of aliphatic hydroxyl groups is 1. The summed E-state index contributed by atoms with van der Waals surface area (Å²) in [6.07, 6.45) is 3.35. The van der Waals surface area contributed by atoms with Gasteiger partial charge in [0.2, 0.25) is 5.91 Å². The fourth-order valence-electron chi connectivity index (χ4n) is 3.24. The van der Waals surface area contributed by atoms with Crippen molar-refractivity contribution in [2.24, 2.45) is 0 Å². The van der Waals surface area contributed by atoms with Crippen LogP contribution in [0.1, 0.15) is 46.0 Å². The van der Waals surface area contributed by atoms with Gasteiger partial charge in [0.15, 0.2) is 0 Å². The summed E-state index contributed by atoms with van der Waals surface area (Å²) >= 11 is 0. The third-order valence-corrected chi connectivity index (χ3v) is 4.59. The maximum Gasteiger partial charge on any atom is 0.410 e.